The average molecular weight is 406 g/mol. The van der Waals surface area contributed by atoms with Crippen LogP contribution in [-0.4, -0.2) is 43.2 Å². The van der Waals surface area contributed by atoms with Gasteiger partial charge in [-0.25, -0.2) is 4.79 Å². The fraction of sp³-hybridized carbons (Fsp3) is 0.409. The van der Waals surface area contributed by atoms with Gasteiger partial charge in [-0.1, -0.05) is 12.1 Å². The summed E-state index contributed by atoms with van der Waals surface area (Å²) < 4.78 is 42.9. The number of hydrogen-bond acceptors (Lipinski definition) is 4. The summed E-state index contributed by atoms with van der Waals surface area (Å²) >= 11 is 0. The number of alkyl halides is 3. The van der Waals surface area contributed by atoms with Crippen molar-refractivity contribution in [1.29, 1.82) is 0 Å². The van der Waals surface area contributed by atoms with Crippen molar-refractivity contribution in [2.24, 2.45) is 0 Å². The molecule has 0 aliphatic carbocycles. The maximum atomic E-state index is 12.7. The molecule has 4 nitrogen and oxygen atoms in total. The van der Waals surface area contributed by atoms with E-state index in [-0.39, 0.29) is 18.1 Å². The average Bonchev–Trinajstić information content (AvgIpc) is 2.67. The second-order valence-electron chi connectivity index (χ2n) is 7.53. The third-order valence-electron chi connectivity index (χ3n) is 5.27. The van der Waals surface area contributed by atoms with E-state index in [2.05, 4.69) is 23.6 Å². The molecule has 1 saturated heterocycles. The number of nitrogens with zero attached hydrogens (tertiary/aromatic N) is 2. The Bertz CT molecular complexity index is 823. The Hall–Kier alpha value is -2.54. The zero-order valence-electron chi connectivity index (χ0n) is 16.7. The van der Waals surface area contributed by atoms with E-state index in [9.17, 15) is 18.0 Å². The van der Waals surface area contributed by atoms with Crippen LogP contribution in [0.3, 0.4) is 0 Å². The van der Waals surface area contributed by atoms with Crippen molar-refractivity contribution in [3.63, 3.8) is 0 Å². The van der Waals surface area contributed by atoms with E-state index in [1.807, 2.05) is 12.1 Å². The molecule has 1 heterocycles. The molecule has 0 N–H and O–H groups in total. The molecular formula is C22H25F3N2O2. The van der Waals surface area contributed by atoms with E-state index in [1.54, 1.807) is 24.3 Å². The van der Waals surface area contributed by atoms with Gasteiger partial charge >= 0.3 is 12.1 Å². The van der Waals surface area contributed by atoms with Crippen LogP contribution in [0.25, 0.3) is 0 Å². The molecule has 0 saturated carbocycles. The first kappa shape index (κ1) is 21.2. The van der Waals surface area contributed by atoms with Crippen molar-refractivity contribution in [3.05, 3.63) is 65.2 Å². The van der Waals surface area contributed by atoms with Gasteiger partial charge in [0.05, 0.1) is 18.2 Å². The second kappa shape index (κ2) is 8.45. The number of ether oxygens (including phenoxy) is 1. The first-order valence-electron chi connectivity index (χ1n) is 9.54. The van der Waals surface area contributed by atoms with Crippen molar-refractivity contribution in [3.8, 4) is 0 Å². The number of methoxy groups -OCH3 is 1. The predicted molar refractivity (Wildman–Crippen MR) is 106 cm³/mol. The minimum atomic E-state index is -4.31. The monoisotopic (exact) mass is 406 g/mol. The fourth-order valence-corrected chi connectivity index (χ4v) is 4.02. The summed E-state index contributed by atoms with van der Waals surface area (Å²) in [7, 11) is 1.36. The van der Waals surface area contributed by atoms with Crippen molar-refractivity contribution >= 4 is 11.7 Å². The minimum Gasteiger partial charge on any atom is -0.465 e. The third-order valence-corrected chi connectivity index (χ3v) is 5.27. The Morgan fingerprint density at radius 2 is 1.55 bits per heavy atom. The van der Waals surface area contributed by atoms with E-state index in [0.717, 1.165) is 36.5 Å². The van der Waals surface area contributed by atoms with Gasteiger partial charge in [0, 0.05) is 37.4 Å². The molecule has 29 heavy (non-hydrogen) atoms. The topological polar surface area (TPSA) is 32.8 Å². The van der Waals surface area contributed by atoms with Crippen LogP contribution in [-0.2, 0) is 17.5 Å². The molecule has 7 heteroatoms. The summed E-state index contributed by atoms with van der Waals surface area (Å²) in [5, 5.41) is 0. The van der Waals surface area contributed by atoms with Crippen LogP contribution in [0.5, 0.6) is 0 Å². The summed E-state index contributed by atoms with van der Waals surface area (Å²) in [6.45, 7) is 6.46. The van der Waals surface area contributed by atoms with Gasteiger partial charge in [-0.3, -0.25) is 4.90 Å². The fourth-order valence-electron chi connectivity index (χ4n) is 4.02. The second-order valence-corrected chi connectivity index (χ2v) is 7.53. The molecular weight excluding hydrogens is 381 g/mol. The molecule has 156 valence electrons. The zero-order chi connectivity index (χ0) is 21.2. The lowest BCUT2D eigenvalue weighted by molar-refractivity contribution is -0.137. The first-order chi connectivity index (χ1) is 13.7. The number of piperazine rings is 1. The Morgan fingerprint density at radius 3 is 2.03 bits per heavy atom. The van der Waals surface area contributed by atoms with Gasteiger partial charge in [0.2, 0.25) is 0 Å². The Labute approximate surface area is 168 Å². The molecule has 0 spiro atoms. The van der Waals surface area contributed by atoms with Crippen molar-refractivity contribution < 1.29 is 22.7 Å². The lowest BCUT2D eigenvalue weighted by Gasteiger charge is -2.46. The molecule has 2 aromatic rings. The molecule has 1 aliphatic rings. The number of anilines is 1. The highest BCUT2D eigenvalue weighted by atomic mass is 19.4. The zero-order valence-corrected chi connectivity index (χ0v) is 16.7. The molecule has 1 fully saturated rings. The molecule has 2 atom stereocenters. The van der Waals surface area contributed by atoms with Crippen molar-refractivity contribution in [2.75, 3.05) is 25.1 Å². The number of hydrogen-bond donors (Lipinski definition) is 0. The van der Waals surface area contributed by atoms with Gasteiger partial charge < -0.3 is 9.64 Å². The van der Waals surface area contributed by atoms with Crippen molar-refractivity contribution in [2.45, 2.75) is 38.7 Å². The molecule has 2 unspecified atom stereocenters. The standard InChI is InChI=1S/C22H25F3N2O2/c1-15-12-26(14-17-4-8-19(9-5-17)22(23,24)25)13-16(2)27(15)20-10-6-18(7-11-20)21(28)29-3/h4-11,15-16H,12-14H2,1-3H3. The minimum absolute atomic E-state index is 0.220. The van der Waals surface area contributed by atoms with Gasteiger partial charge in [-0.05, 0) is 55.8 Å². The number of benzene rings is 2. The van der Waals surface area contributed by atoms with E-state index in [4.69, 9.17) is 4.74 Å². The highest BCUT2D eigenvalue weighted by molar-refractivity contribution is 5.89. The summed E-state index contributed by atoms with van der Waals surface area (Å²) in [6.07, 6.45) is -4.31. The van der Waals surface area contributed by atoms with Crippen LogP contribution in [0.2, 0.25) is 0 Å². The van der Waals surface area contributed by atoms with Crippen molar-refractivity contribution in [1.82, 2.24) is 4.90 Å². The van der Waals surface area contributed by atoms with Crippen LogP contribution < -0.4 is 4.90 Å². The van der Waals surface area contributed by atoms with E-state index >= 15 is 0 Å². The molecule has 0 amide bonds. The van der Waals surface area contributed by atoms with Crippen LogP contribution in [0.15, 0.2) is 48.5 Å². The van der Waals surface area contributed by atoms with Crippen LogP contribution in [0, 0.1) is 0 Å². The maximum absolute atomic E-state index is 12.7. The number of carbonyl (C=O) groups excluding carboxylic acids is 1. The lowest BCUT2D eigenvalue weighted by Crippen LogP contribution is -2.56. The summed E-state index contributed by atoms with van der Waals surface area (Å²) in [5.41, 5.74) is 1.79. The highest BCUT2D eigenvalue weighted by Gasteiger charge is 2.31. The van der Waals surface area contributed by atoms with Gasteiger partial charge in [0.1, 0.15) is 0 Å². The smallest absolute Gasteiger partial charge is 0.416 e. The Balaban J connectivity index is 1.66. The predicted octanol–water partition coefficient (Wildman–Crippen LogP) is 4.59. The van der Waals surface area contributed by atoms with E-state index in [0.29, 0.717) is 12.1 Å². The number of carbonyl (C=O) groups is 1. The molecule has 2 aromatic carbocycles. The quantitative estimate of drug-likeness (QED) is 0.696. The maximum Gasteiger partial charge on any atom is 0.416 e. The molecule has 0 bridgehead atoms. The number of halogens is 3. The summed E-state index contributed by atoms with van der Waals surface area (Å²) in [6, 6.07) is 13.2. The molecule has 0 aromatic heterocycles. The van der Waals surface area contributed by atoms with Gasteiger partial charge in [0.25, 0.3) is 0 Å². The van der Waals surface area contributed by atoms with E-state index in [1.165, 1.54) is 7.11 Å². The Kier molecular flexibility index (Phi) is 6.17. The van der Waals surface area contributed by atoms with Gasteiger partial charge in [-0.2, -0.15) is 13.2 Å². The highest BCUT2D eigenvalue weighted by Crippen LogP contribution is 2.30. The lowest BCUT2D eigenvalue weighted by atomic mass is 10.0. The number of rotatable bonds is 4. The van der Waals surface area contributed by atoms with Gasteiger partial charge in [0.15, 0.2) is 0 Å². The normalized spacial score (nSPS) is 20.6. The van der Waals surface area contributed by atoms with Crippen LogP contribution in [0.4, 0.5) is 18.9 Å². The molecule has 3 rings (SSSR count). The Morgan fingerprint density at radius 1 is 1.00 bits per heavy atom. The first-order valence-corrected chi connectivity index (χ1v) is 9.54. The summed E-state index contributed by atoms with van der Waals surface area (Å²) in [5.74, 6) is -0.362. The number of esters is 1. The third kappa shape index (κ3) is 4.90. The van der Waals surface area contributed by atoms with Gasteiger partial charge in [-0.15, -0.1) is 0 Å². The molecule has 1 aliphatic heterocycles. The van der Waals surface area contributed by atoms with Crippen LogP contribution >= 0.6 is 0 Å². The largest absolute Gasteiger partial charge is 0.465 e. The van der Waals surface area contributed by atoms with E-state index < -0.39 is 11.7 Å². The summed E-state index contributed by atoms with van der Waals surface area (Å²) in [4.78, 5) is 16.2. The van der Waals surface area contributed by atoms with Crippen LogP contribution in [0.1, 0.15) is 35.3 Å². The SMILES string of the molecule is COC(=O)c1ccc(N2C(C)CN(Cc3ccc(C(F)(F)F)cc3)CC2C)cc1. The molecule has 0 radical (unpaired) electrons.